The molecule has 0 heterocycles. The molecule has 1 saturated carbocycles. The first-order chi connectivity index (χ1) is 9.24. The Hall–Kier alpha value is -1.34. The van der Waals surface area contributed by atoms with Crippen molar-refractivity contribution in [2.45, 2.75) is 44.6 Å². The molecule has 2 unspecified atom stereocenters. The third-order valence-electron chi connectivity index (χ3n) is 4.90. The maximum absolute atomic E-state index is 6.83. The fourth-order valence-corrected chi connectivity index (χ4v) is 3.70. The van der Waals surface area contributed by atoms with E-state index in [0.717, 1.165) is 6.42 Å². The second-order valence-corrected chi connectivity index (χ2v) is 5.95. The van der Waals surface area contributed by atoms with Gasteiger partial charge in [-0.1, -0.05) is 62.6 Å². The third kappa shape index (κ3) is 2.17. The highest BCUT2D eigenvalue weighted by atomic mass is 14.8. The number of fused-ring (bicyclic) bond motifs is 1. The molecule has 2 N–H and O–H groups in total. The molecule has 0 aliphatic heterocycles. The normalized spacial score (nSPS) is 27.6. The van der Waals surface area contributed by atoms with Crippen molar-refractivity contribution in [1.29, 1.82) is 0 Å². The standard InChI is InChI=1S/C18H23N/c1-2-16-9-5-6-12-18(16,19)17-11-10-14-7-3-4-8-15(14)13-17/h3-4,7-8,10-11,13,16H,2,5-6,9,12,19H2,1H3. The molecular formula is C18H23N. The van der Waals surface area contributed by atoms with Gasteiger partial charge in [-0.3, -0.25) is 0 Å². The van der Waals surface area contributed by atoms with Crippen LogP contribution in [0.4, 0.5) is 0 Å². The lowest BCUT2D eigenvalue weighted by molar-refractivity contribution is 0.184. The maximum atomic E-state index is 6.83. The summed E-state index contributed by atoms with van der Waals surface area (Å²) in [5.41, 5.74) is 8.04. The van der Waals surface area contributed by atoms with Crippen LogP contribution in [0.15, 0.2) is 42.5 Å². The van der Waals surface area contributed by atoms with Gasteiger partial charge < -0.3 is 5.73 Å². The highest BCUT2D eigenvalue weighted by Crippen LogP contribution is 2.41. The minimum atomic E-state index is -0.114. The summed E-state index contributed by atoms with van der Waals surface area (Å²) in [5, 5.41) is 2.61. The molecule has 0 amide bonds. The van der Waals surface area contributed by atoms with Crippen molar-refractivity contribution < 1.29 is 0 Å². The van der Waals surface area contributed by atoms with E-state index in [0.29, 0.717) is 5.92 Å². The molecule has 1 fully saturated rings. The first-order valence-electron chi connectivity index (χ1n) is 7.52. The van der Waals surface area contributed by atoms with Gasteiger partial charge in [0.25, 0.3) is 0 Å². The topological polar surface area (TPSA) is 26.0 Å². The molecule has 1 nitrogen and oxygen atoms in total. The number of benzene rings is 2. The molecule has 0 saturated heterocycles. The van der Waals surface area contributed by atoms with Crippen LogP contribution < -0.4 is 5.73 Å². The van der Waals surface area contributed by atoms with Crippen molar-refractivity contribution in [3.63, 3.8) is 0 Å². The van der Waals surface area contributed by atoms with Crippen molar-refractivity contribution in [2.24, 2.45) is 11.7 Å². The molecule has 2 atom stereocenters. The first-order valence-corrected chi connectivity index (χ1v) is 7.52. The summed E-state index contributed by atoms with van der Waals surface area (Å²) in [7, 11) is 0. The smallest absolute Gasteiger partial charge is 0.0438 e. The third-order valence-corrected chi connectivity index (χ3v) is 4.90. The SMILES string of the molecule is CCC1CCCCC1(N)c1ccc2ccccc2c1. The van der Waals surface area contributed by atoms with E-state index in [4.69, 9.17) is 5.73 Å². The Bertz CT molecular complexity index is 575. The summed E-state index contributed by atoms with van der Waals surface area (Å²) in [6.45, 7) is 2.28. The minimum absolute atomic E-state index is 0.114. The Labute approximate surface area is 115 Å². The summed E-state index contributed by atoms with van der Waals surface area (Å²) in [5.74, 6) is 0.627. The summed E-state index contributed by atoms with van der Waals surface area (Å²) in [6.07, 6.45) is 6.19. The van der Waals surface area contributed by atoms with E-state index in [-0.39, 0.29) is 5.54 Å². The van der Waals surface area contributed by atoms with Gasteiger partial charge in [0.15, 0.2) is 0 Å². The van der Waals surface area contributed by atoms with Crippen molar-refractivity contribution in [1.82, 2.24) is 0 Å². The zero-order valence-electron chi connectivity index (χ0n) is 11.7. The van der Waals surface area contributed by atoms with Crippen molar-refractivity contribution in [2.75, 3.05) is 0 Å². The van der Waals surface area contributed by atoms with Crippen molar-refractivity contribution in [3.05, 3.63) is 48.0 Å². The predicted octanol–water partition coefficient (Wildman–Crippen LogP) is 4.59. The van der Waals surface area contributed by atoms with Crippen LogP contribution in [0.5, 0.6) is 0 Å². The van der Waals surface area contributed by atoms with Crippen molar-refractivity contribution >= 4 is 10.8 Å². The van der Waals surface area contributed by atoms with Gasteiger partial charge in [-0.25, -0.2) is 0 Å². The van der Waals surface area contributed by atoms with E-state index in [9.17, 15) is 0 Å². The zero-order chi connectivity index (χ0) is 13.3. The van der Waals surface area contributed by atoms with E-state index >= 15 is 0 Å². The molecule has 1 heteroatoms. The molecule has 3 rings (SSSR count). The van der Waals surface area contributed by atoms with Crippen molar-refractivity contribution in [3.8, 4) is 0 Å². The van der Waals surface area contributed by atoms with Crippen LogP contribution in [0.25, 0.3) is 10.8 Å². The number of hydrogen-bond donors (Lipinski definition) is 1. The van der Waals surface area contributed by atoms with Crippen LogP contribution in [-0.4, -0.2) is 0 Å². The number of nitrogens with two attached hydrogens (primary N) is 1. The van der Waals surface area contributed by atoms with Crippen LogP contribution in [0.2, 0.25) is 0 Å². The fourth-order valence-electron chi connectivity index (χ4n) is 3.70. The molecule has 0 bridgehead atoms. The Morgan fingerprint density at radius 1 is 1.11 bits per heavy atom. The van der Waals surface area contributed by atoms with E-state index in [1.54, 1.807) is 0 Å². The van der Waals surface area contributed by atoms with Gasteiger partial charge >= 0.3 is 0 Å². The summed E-state index contributed by atoms with van der Waals surface area (Å²) >= 11 is 0. The van der Waals surface area contributed by atoms with Gasteiger partial charge in [0.2, 0.25) is 0 Å². The lowest BCUT2D eigenvalue weighted by Gasteiger charge is -2.41. The molecule has 1 aliphatic rings. The number of hydrogen-bond acceptors (Lipinski definition) is 1. The molecule has 0 radical (unpaired) electrons. The average Bonchev–Trinajstić information content (AvgIpc) is 2.47. The molecule has 2 aromatic rings. The minimum Gasteiger partial charge on any atom is -0.321 e. The van der Waals surface area contributed by atoms with E-state index in [2.05, 4.69) is 49.4 Å². The van der Waals surface area contributed by atoms with Gasteiger partial charge in [-0.2, -0.15) is 0 Å². The lowest BCUT2D eigenvalue weighted by Crippen LogP contribution is -2.46. The molecule has 0 aromatic heterocycles. The predicted molar refractivity (Wildman–Crippen MR) is 82.1 cm³/mol. The Morgan fingerprint density at radius 3 is 2.68 bits per heavy atom. The van der Waals surface area contributed by atoms with Crippen LogP contribution in [0, 0.1) is 5.92 Å². The van der Waals surface area contributed by atoms with Gasteiger partial charge in [0, 0.05) is 5.54 Å². The quantitative estimate of drug-likeness (QED) is 0.832. The second kappa shape index (κ2) is 4.97. The Kier molecular flexibility index (Phi) is 3.32. The Morgan fingerprint density at radius 2 is 1.89 bits per heavy atom. The average molecular weight is 253 g/mol. The fraction of sp³-hybridized carbons (Fsp3) is 0.444. The van der Waals surface area contributed by atoms with Crippen LogP contribution in [-0.2, 0) is 5.54 Å². The molecule has 2 aromatic carbocycles. The first kappa shape index (κ1) is 12.7. The second-order valence-electron chi connectivity index (χ2n) is 5.95. The number of rotatable bonds is 2. The highest BCUT2D eigenvalue weighted by molar-refractivity contribution is 5.83. The highest BCUT2D eigenvalue weighted by Gasteiger charge is 2.37. The summed E-state index contributed by atoms with van der Waals surface area (Å²) in [6, 6.07) is 15.3. The molecular weight excluding hydrogens is 230 g/mol. The van der Waals surface area contributed by atoms with E-state index in [1.807, 2.05) is 0 Å². The zero-order valence-corrected chi connectivity index (χ0v) is 11.7. The van der Waals surface area contributed by atoms with Crippen LogP contribution in [0.1, 0.15) is 44.6 Å². The summed E-state index contributed by atoms with van der Waals surface area (Å²) in [4.78, 5) is 0. The largest absolute Gasteiger partial charge is 0.321 e. The molecule has 1 aliphatic carbocycles. The molecule has 19 heavy (non-hydrogen) atoms. The monoisotopic (exact) mass is 253 g/mol. The molecule has 0 spiro atoms. The maximum Gasteiger partial charge on any atom is 0.0438 e. The lowest BCUT2D eigenvalue weighted by atomic mass is 9.68. The van der Waals surface area contributed by atoms with Crippen LogP contribution >= 0.6 is 0 Å². The van der Waals surface area contributed by atoms with Gasteiger partial charge in [0.1, 0.15) is 0 Å². The van der Waals surface area contributed by atoms with Crippen LogP contribution in [0.3, 0.4) is 0 Å². The van der Waals surface area contributed by atoms with E-state index < -0.39 is 0 Å². The Balaban J connectivity index is 2.06. The van der Waals surface area contributed by atoms with Gasteiger partial charge in [0.05, 0.1) is 0 Å². The molecule has 100 valence electrons. The van der Waals surface area contributed by atoms with E-state index in [1.165, 1.54) is 42.0 Å². The summed E-state index contributed by atoms with van der Waals surface area (Å²) < 4.78 is 0. The van der Waals surface area contributed by atoms with Gasteiger partial charge in [-0.05, 0) is 41.2 Å². The van der Waals surface area contributed by atoms with Gasteiger partial charge in [-0.15, -0.1) is 0 Å².